The molecular formula is C13H19NO3. The fraction of sp³-hybridized carbons (Fsp3) is 0.538. The molecule has 0 aliphatic carbocycles. The lowest BCUT2D eigenvalue weighted by atomic mass is 10.1. The molecule has 1 atom stereocenters. The van der Waals surface area contributed by atoms with Gasteiger partial charge in [-0.05, 0) is 31.4 Å². The highest BCUT2D eigenvalue weighted by Crippen LogP contribution is 2.27. The van der Waals surface area contributed by atoms with Crippen molar-refractivity contribution in [1.29, 1.82) is 0 Å². The Kier molecular flexibility index (Phi) is 4.23. The number of ether oxygens (including phenoxy) is 1. The molecule has 3 N–H and O–H groups in total. The highest BCUT2D eigenvalue weighted by atomic mass is 16.5. The molecule has 0 amide bonds. The molecule has 1 aromatic rings. The summed E-state index contributed by atoms with van der Waals surface area (Å²) in [6, 6.07) is 5.02. The van der Waals surface area contributed by atoms with E-state index in [2.05, 4.69) is 5.32 Å². The van der Waals surface area contributed by atoms with Crippen molar-refractivity contribution in [2.75, 3.05) is 19.8 Å². The van der Waals surface area contributed by atoms with Crippen LogP contribution in [0.2, 0.25) is 0 Å². The Morgan fingerprint density at radius 2 is 2.24 bits per heavy atom. The number of phenols is 2. The maximum atomic E-state index is 9.60. The maximum Gasteiger partial charge on any atom is 0.161 e. The second-order valence-corrected chi connectivity index (χ2v) is 4.48. The predicted molar refractivity (Wildman–Crippen MR) is 65.0 cm³/mol. The molecule has 1 heterocycles. The summed E-state index contributed by atoms with van der Waals surface area (Å²) < 4.78 is 5.31. The van der Waals surface area contributed by atoms with Crippen molar-refractivity contribution < 1.29 is 14.9 Å². The van der Waals surface area contributed by atoms with Crippen LogP contribution < -0.4 is 5.32 Å². The van der Waals surface area contributed by atoms with Crippen molar-refractivity contribution in [1.82, 2.24) is 5.32 Å². The van der Waals surface area contributed by atoms with Crippen molar-refractivity contribution in [2.24, 2.45) is 5.92 Å². The van der Waals surface area contributed by atoms with Gasteiger partial charge in [0.1, 0.15) is 0 Å². The third-order valence-corrected chi connectivity index (χ3v) is 3.17. The third-order valence-electron chi connectivity index (χ3n) is 3.17. The van der Waals surface area contributed by atoms with Crippen LogP contribution in [-0.2, 0) is 11.3 Å². The molecule has 1 aliphatic rings. The van der Waals surface area contributed by atoms with Gasteiger partial charge in [0.25, 0.3) is 0 Å². The van der Waals surface area contributed by atoms with Crippen LogP contribution in [0.25, 0.3) is 0 Å². The number of phenolic OH excluding ortho intramolecular Hbond substituents is 2. The van der Waals surface area contributed by atoms with Crippen molar-refractivity contribution in [3.63, 3.8) is 0 Å². The Hall–Kier alpha value is -1.26. The van der Waals surface area contributed by atoms with Crippen LogP contribution >= 0.6 is 0 Å². The van der Waals surface area contributed by atoms with E-state index >= 15 is 0 Å². The minimum absolute atomic E-state index is 0.0239. The highest BCUT2D eigenvalue weighted by molar-refractivity contribution is 5.44. The molecule has 0 saturated carbocycles. The Morgan fingerprint density at radius 1 is 1.35 bits per heavy atom. The molecule has 1 saturated heterocycles. The number of nitrogens with one attached hydrogen (secondary N) is 1. The van der Waals surface area contributed by atoms with Crippen molar-refractivity contribution in [2.45, 2.75) is 19.4 Å². The van der Waals surface area contributed by atoms with E-state index < -0.39 is 0 Å². The predicted octanol–water partition coefficient (Wildman–Crippen LogP) is 1.61. The smallest absolute Gasteiger partial charge is 0.161 e. The van der Waals surface area contributed by atoms with Crippen molar-refractivity contribution >= 4 is 0 Å². The van der Waals surface area contributed by atoms with Gasteiger partial charge in [0.05, 0.1) is 0 Å². The largest absolute Gasteiger partial charge is 0.504 e. The van der Waals surface area contributed by atoms with Gasteiger partial charge < -0.3 is 20.3 Å². The molecule has 0 bridgehead atoms. The van der Waals surface area contributed by atoms with Crippen molar-refractivity contribution in [3.8, 4) is 11.5 Å². The first-order valence-electron chi connectivity index (χ1n) is 6.05. The summed E-state index contributed by atoms with van der Waals surface area (Å²) >= 11 is 0. The molecule has 17 heavy (non-hydrogen) atoms. The van der Waals surface area contributed by atoms with E-state index in [1.165, 1.54) is 6.07 Å². The molecule has 0 aromatic heterocycles. The lowest BCUT2D eigenvalue weighted by Crippen LogP contribution is -2.18. The average molecular weight is 237 g/mol. The Morgan fingerprint density at radius 3 is 3.00 bits per heavy atom. The van der Waals surface area contributed by atoms with Crippen LogP contribution in [0.1, 0.15) is 18.4 Å². The quantitative estimate of drug-likeness (QED) is 0.538. The summed E-state index contributed by atoms with van der Waals surface area (Å²) in [7, 11) is 0. The Balaban J connectivity index is 1.72. The van der Waals surface area contributed by atoms with E-state index in [0.29, 0.717) is 12.5 Å². The number of hydrogen-bond acceptors (Lipinski definition) is 4. The van der Waals surface area contributed by atoms with Crippen LogP contribution in [0.4, 0.5) is 0 Å². The maximum absolute atomic E-state index is 9.60. The second kappa shape index (κ2) is 5.89. The standard InChI is InChI=1S/C13H19NO3/c15-12-3-1-2-11(13(12)16)8-14-6-4-10-5-7-17-9-10/h1-3,10,14-16H,4-9H2. The minimum Gasteiger partial charge on any atom is -0.504 e. The summed E-state index contributed by atoms with van der Waals surface area (Å²) in [4.78, 5) is 0. The van der Waals surface area contributed by atoms with Gasteiger partial charge in [-0.15, -0.1) is 0 Å². The van der Waals surface area contributed by atoms with Gasteiger partial charge >= 0.3 is 0 Å². The fourth-order valence-corrected chi connectivity index (χ4v) is 2.06. The zero-order valence-corrected chi connectivity index (χ0v) is 9.85. The molecule has 94 valence electrons. The first kappa shape index (κ1) is 12.2. The molecule has 1 aliphatic heterocycles. The lowest BCUT2D eigenvalue weighted by Gasteiger charge is -2.10. The summed E-state index contributed by atoms with van der Waals surface area (Å²) in [5.41, 5.74) is 0.729. The van der Waals surface area contributed by atoms with Crippen molar-refractivity contribution in [3.05, 3.63) is 23.8 Å². The molecule has 0 radical (unpaired) electrons. The second-order valence-electron chi connectivity index (χ2n) is 4.48. The molecule has 1 fully saturated rings. The van der Waals surface area contributed by atoms with Gasteiger partial charge in [-0.1, -0.05) is 12.1 Å². The van der Waals surface area contributed by atoms with E-state index in [1.807, 2.05) is 0 Å². The van der Waals surface area contributed by atoms with E-state index in [1.54, 1.807) is 12.1 Å². The zero-order valence-electron chi connectivity index (χ0n) is 9.85. The van der Waals surface area contributed by atoms with Gasteiger partial charge in [0, 0.05) is 25.3 Å². The van der Waals surface area contributed by atoms with E-state index in [-0.39, 0.29) is 11.5 Å². The topological polar surface area (TPSA) is 61.7 Å². The lowest BCUT2D eigenvalue weighted by molar-refractivity contribution is 0.184. The number of hydrogen-bond donors (Lipinski definition) is 3. The van der Waals surface area contributed by atoms with Gasteiger partial charge in [-0.3, -0.25) is 0 Å². The zero-order chi connectivity index (χ0) is 12.1. The van der Waals surface area contributed by atoms with Crippen LogP contribution in [0, 0.1) is 5.92 Å². The highest BCUT2D eigenvalue weighted by Gasteiger charge is 2.14. The average Bonchev–Trinajstić information content (AvgIpc) is 2.83. The molecule has 4 heteroatoms. The normalized spacial score (nSPS) is 19.6. The summed E-state index contributed by atoms with van der Waals surface area (Å²) in [6.45, 7) is 3.24. The Labute approximate surface area is 101 Å². The molecular weight excluding hydrogens is 218 g/mol. The molecule has 1 unspecified atom stereocenters. The molecule has 1 aromatic carbocycles. The summed E-state index contributed by atoms with van der Waals surface area (Å²) in [5.74, 6) is 0.581. The van der Waals surface area contributed by atoms with Crippen LogP contribution in [0.5, 0.6) is 11.5 Å². The van der Waals surface area contributed by atoms with Gasteiger partial charge in [-0.2, -0.15) is 0 Å². The monoisotopic (exact) mass is 237 g/mol. The molecule has 4 nitrogen and oxygen atoms in total. The van der Waals surface area contributed by atoms with Gasteiger partial charge in [-0.25, -0.2) is 0 Å². The minimum atomic E-state index is -0.0616. The third kappa shape index (κ3) is 3.35. The Bertz CT molecular complexity index is 362. The fourth-order valence-electron chi connectivity index (χ4n) is 2.06. The van der Waals surface area contributed by atoms with Crippen LogP contribution in [0.15, 0.2) is 18.2 Å². The summed E-state index contributed by atoms with van der Waals surface area (Å²) in [6.07, 6.45) is 2.25. The van der Waals surface area contributed by atoms with E-state index in [9.17, 15) is 10.2 Å². The molecule has 0 spiro atoms. The first-order valence-corrected chi connectivity index (χ1v) is 6.05. The molecule has 2 rings (SSSR count). The number of aromatic hydroxyl groups is 2. The number of rotatable bonds is 5. The van der Waals surface area contributed by atoms with Gasteiger partial charge in [0.2, 0.25) is 0 Å². The van der Waals surface area contributed by atoms with E-state index in [4.69, 9.17) is 4.74 Å². The first-order chi connectivity index (χ1) is 8.27. The SMILES string of the molecule is Oc1cccc(CNCCC2CCOC2)c1O. The number of benzene rings is 1. The van der Waals surface area contributed by atoms with Gasteiger partial charge in [0.15, 0.2) is 11.5 Å². The number of para-hydroxylation sites is 1. The van der Waals surface area contributed by atoms with E-state index in [0.717, 1.165) is 38.2 Å². The van der Waals surface area contributed by atoms with Crippen LogP contribution in [-0.4, -0.2) is 30.0 Å². The summed E-state index contributed by atoms with van der Waals surface area (Å²) in [5, 5.41) is 22.2. The van der Waals surface area contributed by atoms with Crippen LogP contribution in [0.3, 0.4) is 0 Å².